The number of H-pyrrole nitrogens is 1. The average molecular weight is 542 g/mol. The minimum atomic E-state index is -4.58. The average Bonchev–Trinajstić information content (AvgIpc) is 2.87. The summed E-state index contributed by atoms with van der Waals surface area (Å²) in [6, 6.07) is 8.64. The lowest BCUT2D eigenvalue weighted by molar-refractivity contribution is -0.123. The van der Waals surface area contributed by atoms with Crippen LogP contribution in [-0.2, 0) is 15.8 Å². The molecule has 1 unspecified atom stereocenters. The lowest BCUT2D eigenvalue weighted by Gasteiger charge is -2.30. The Morgan fingerprint density at radius 3 is 2.45 bits per heavy atom. The number of carboxylic acids is 1. The van der Waals surface area contributed by atoms with E-state index in [1.165, 1.54) is 30.5 Å². The molecule has 196 valence electrons. The molecule has 1 aromatic heterocycles. The summed E-state index contributed by atoms with van der Waals surface area (Å²) in [5.41, 5.74) is -0.804. The summed E-state index contributed by atoms with van der Waals surface area (Å²) in [7, 11) is -6.22. The third-order valence-corrected chi connectivity index (χ3v) is 6.72. The van der Waals surface area contributed by atoms with E-state index in [4.69, 9.17) is 4.65 Å². The lowest BCUT2D eigenvalue weighted by atomic mass is 9.72. The molecule has 1 aliphatic rings. The third-order valence-electron chi connectivity index (χ3n) is 5.75. The number of carbonyl (C=O) groups excluding carboxylic acids is 2. The Bertz CT molecular complexity index is 1510. The fraction of sp³-hybridized carbons (Fsp3) is 0.136. The molecular formula is C22H20BN4O10P. The van der Waals surface area contributed by atoms with Gasteiger partial charge in [-0.05, 0) is 41.8 Å². The van der Waals surface area contributed by atoms with E-state index in [9.17, 15) is 43.7 Å². The Balaban J connectivity index is 1.62. The summed E-state index contributed by atoms with van der Waals surface area (Å²) in [5.74, 6) is -4.14. The Kier molecular flexibility index (Phi) is 7.46. The van der Waals surface area contributed by atoms with Crippen LogP contribution in [-0.4, -0.2) is 61.0 Å². The molecule has 0 bridgehead atoms. The number of nitrogens with zero attached hydrogens (tertiary/aromatic N) is 1. The first kappa shape index (κ1) is 26.8. The van der Waals surface area contributed by atoms with E-state index in [0.29, 0.717) is 5.56 Å². The molecule has 0 saturated heterocycles. The van der Waals surface area contributed by atoms with Crippen molar-refractivity contribution in [2.45, 2.75) is 18.4 Å². The van der Waals surface area contributed by atoms with E-state index >= 15 is 0 Å². The fourth-order valence-corrected chi connectivity index (χ4v) is 4.41. The first-order valence-corrected chi connectivity index (χ1v) is 12.6. The highest BCUT2D eigenvalue weighted by molar-refractivity contribution is 7.60. The zero-order valence-corrected chi connectivity index (χ0v) is 20.2. The highest BCUT2D eigenvalue weighted by Crippen LogP contribution is 2.33. The molecule has 0 radical (unpaired) electrons. The molecule has 1 aliphatic heterocycles. The van der Waals surface area contributed by atoms with E-state index in [1.807, 2.05) is 0 Å². The van der Waals surface area contributed by atoms with Crippen LogP contribution in [0.2, 0.25) is 0 Å². The predicted octanol–water partition coefficient (Wildman–Crippen LogP) is -1.12. The number of hydrogen-bond acceptors (Lipinski definition) is 8. The van der Waals surface area contributed by atoms with Crippen LogP contribution in [0, 0.1) is 0 Å². The van der Waals surface area contributed by atoms with E-state index < -0.39 is 50.0 Å². The fourth-order valence-electron chi connectivity index (χ4n) is 3.87. The van der Waals surface area contributed by atoms with E-state index in [1.54, 1.807) is 6.07 Å². The number of aromatic carboxylic acids is 1. The number of aromatic nitrogens is 2. The number of nitrogens with one attached hydrogen (secondary N) is 3. The van der Waals surface area contributed by atoms with E-state index in [-0.39, 0.29) is 34.2 Å². The van der Waals surface area contributed by atoms with Crippen LogP contribution in [0.25, 0.3) is 0 Å². The smallest absolute Gasteiger partial charge is 0.534 e. The number of amides is 2. The molecule has 2 heterocycles. The van der Waals surface area contributed by atoms with Crippen LogP contribution in [0.1, 0.15) is 37.9 Å². The van der Waals surface area contributed by atoms with Gasteiger partial charge in [-0.25, -0.2) is 9.89 Å². The second-order valence-electron chi connectivity index (χ2n) is 8.27. The Hall–Kier alpha value is -4.30. The Labute approximate surface area is 214 Å². The van der Waals surface area contributed by atoms with Gasteiger partial charge in [0.05, 0.1) is 16.8 Å². The number of benzene rings is 2. The van der Waals surface area contributed by atoms with Gasteiger partial charge in [-0.15, -0.1) is 0 Å². The maximum atomic E-state index is 13.3. The standard InChI is InChI=1S/C22H20BN4O10P/c28-19(15-8-9-24-27-20(15)29)26-17(11-4-6-13(7-5-11)38(34,35)36)21(30)25-16-10-12-2-1-3-14(22(31)32)18(12)37-23(16)33/h1-9,16-17,33H,10H2,(H,25,30)(H,26,28)(H,27,29)(H,31,32)(H2,34,35,36)/t16-,17?/m0/s1. The molecule has 16 heteroatoms. The molecule has 0 saturated carbocycles. The molecule has 2 amide bonds. The molecule has 4 rings (SSSR count). The van der Waals surface area contributed by atoms with Gasteiger partial charge in [-0.1, -0.05) is 24.3 Å². The van der Waals surface area contributed by atoms with Crippen LogP contribution in [0.4, 0.5) is 0 Å². The van der Waals surface area contributed by atoms with Crippen LogP contribution >= 0.6 is 7.60 Å². The normalized spacial score (nSPS) is 15.6. The third kappa shape index (κ3) is 5.65. The summed E-state index contributed by atoms with van der Waals surface area (Å²) in [6.45, 7) is 0. The molecule has 14 nitrogen and oxygen atoms in total. The van der Waals surface area contributed by atoms with Gasteiger partial charge < -0.3 is 35.2 Å². The molecule has 7 N–H and O–H groups in total. The van der Waals surface area contributed by atoms with Gasteiger partial charge in [-0.2, -0.15) is 5.10 Å². The van der Waals surface area contributed by atoms with Crippen molar-refractivity contribution in [1.82, 2.24) is 20.8 Å². The van der Waals surface area contributed by atoms with Gasteiger partial charge in [0.25, 0.3) is 11.5 Å². The zero-order valence-electron chi connectivity index (χ0n) is 19.3. The predicted molar refractivity (Wildman–Crippen MR) is 131 cm³/mol. The van der Waals surface area contributed by atoms with Crippen LogP contribution < -0.4 is 26.2 Å². The number of para-hydroxylation sites is 1. The molecular weight excluding hydrogens is 522 g/mol. The number of carbonyl (C=O) groups is 3. The van der Waals surface area contributed by atoms with Crippen molar-refractivity contribution in [3.8, 4) is 5.75 Å². The van der Waals surface area contributed by atoms with E-state index in [2.05, 4.69) is 20.8 Å². The Morgan fingerprint density at radius 1 is 1.11 bits per heavy atom. The van der Waals surface area contributed by atoms with Crippen LogP contribution in [0.5, 0.6) is 5.75 Å². The molecule has 0 fully saturated rings. The molecule has 0 aliphatic carbocycles. The first-order chi connectivity index (χ1) is 18.0. The van der Waals surface area contributed by atoms with Gasteiger partial charge in [0, 0.05) is 6.20 Å². The monoisotopic (exact) mass is 542 g/mol. The van der Waals surface area contributed by atoms with Gasteiger partial charge in [0.1, 0.15) is 17.4 Å². The quantitative estimate of drug-likeness (QED) is 0.140. The van der Waals surface area contributed by atoms with Crippen molar-refractivity contribution < 1.29 is 43.5 Å². The van der Waals surface area contributed by atoms with Crippen LogP contribution in [0.3, 0.4) is 0 Å². The van der Waals surface area contributed by atoms with Crippen LogP contribution in [0.15, 0.2) is 59.5 Å². The summed E-state index contributed by atoms with van der Waals surface area (Å²) in [4.78, 5) is 68.4. The van der Waals surface area contributed by atoms with Crippen molar-refractivity contribution in [1.29, 1.82) is 0 Å². The zero-order chi connectivity index (χ0) is 27.6. The van der Waals surface area contributed by atoms with Gasteiger partial charge in [0.15, 0.2) is 0 Å². The summed E-state index contributed by atoms with van der Waals surface area (Å²) in [6.07, 6.45) is 1.16. The number of carboxylic acid groups (broad SMARTS) is 1. The maximum absolute atomic E-state index is 13.3. The number of fused-ring (bicyclic) bond motifs is 1. The van der Waals surface area contributed by atoms with E-state index in [0.717, 1.165) is 18.2 Å². The molecule has 3 aromatic rings. The largest absolute Gasteiger partial charge is 0.547 e. The highest BCUT2D eigenvalue weighted by atomic mass is 31.2. The summed E-state index contributed by atoms with van der Waals surface area (Å²) in [5, 5.41) is 30.1. The van der Waals surface area contributed by atoms with Gasteiger partial charge in [-0.3, -0.25) is 18.9 Å². The highest BCUT2D eigenvalue weighted by Gasteiger charge is 2.39. The van der Waals surface area contributed by atoms with Crippen molar-refractivity contribution >= 4 is 37.8 Å². The SMILES string of the molecule is O=C(O)c1cccc2c1OB(O)[C@@H](NC(=O)C(NC(=O)c1ccn[nH]c1=O)c1ccc(P(=O)(O)O)cc1)C2. The van der Waals surface area contributed by atoms with Gasteiger partial charge in [0.2, 0.25) is 5.91 Å². The summed E-state index contributed by atoms with van der Waals surface area (Å²) < 4.78 is 16.9. The number of aromatic amines is 1. The molecule has 2 atom stereocenters. The first-order valence-electron chi connectivity index (χ1n) is 11.0. The van der Waals surface area contributed by atoms with Gasteiger partial charge >= 0.3 is 20.7 Å². The second-order valence-corrected chi connectivity index (χ2v) is 9.87. The molecule has 0 spiro atoms. The number of hydrogen-bond donors (Lipinski definition) is 7. The topological polar surface area (TPSA) is 228 Å². The van der Waals surface area contributed by atoms with Crippen molar-refractivity contribution in [2.24, 2.45) is 0 Å². The minimum absolute atomic E-state index is 0.00874. The Morgan fingerprint density at radius 2 is 1.82 bits per heavy atom. The molecule has 38 heavy (non-hydrogen) atoms. The van der Waals surface area contributed by atoms with Crippen molar-refractivity contribution in [3.05, 3.63) is 87.3 Å². The summed E-state index contributed by atoms with van der Waals surface area (Å²) >= 11 is 0. The number of rotatable bonds is 7. The molecule has 2 aromatic carbocycles. The van der Waals surface area contributed by atoms with Crippen molar-refractivity contribution in [3.63, 3.8) is 0 Å². The van der Waals surface area contributed by atoms with Crippen molar-refractivity contribution in [2.75, 3.05) is 0 Å². The second kappa shape index (κ2) is 10.6. The minimum Gasteiger partial charge on any atom is -0.534 e. The lowest BCUT2D eigenvalue weighted by Crippen LogP contribution is -2.55. The maximum Gasteiger partial charge on any atom is 0.547 e.